The monoisotopic (exact) mass is 453 g/mol. The van der Waals surface area contributed by atoms with E-state index in [4.69, 9.17) is 15.2 Å². The van der Waals surface area contributed by atoms with E-state index >= 15 is 0 Å². The number of Topliss-reactive ketones (excluding diaryl/α,β-unsaturated/α-hetero) is 1. The summed E-state index contributed by atoms with van der Waals surface area (Å²) in [7, 11) is 0. The molecule has 4 rings (SSSR count). The molecule has 0 saturated carbocycles. The number of amidine groups is 1. The first-order valence-corrected chi connectivity index (χ1v) is 12.0. The van der Waals surface area contributed by atoms with E-state index in [0.29, 0.717) is 42.7 Å². The molecule has 33 heavy (non-hydrogen) atoms. The highest BCUT2D eigenvalue weighted by atomic mass is 16.7. The molecule has 3 aliphatic heterocycles. The first kappa shape index (κ1) is 23.3. The number of ether oxygens (including phenoxy) is 2. The van der Waals surface area contributed by atoms with Gasteiger partial charge in [0, 0.05) is 19.5 Å². The predicted octanol–water partition coefficient (Wildman–Crippen LogP) is 3.65. The van der Waals surface area contributed by atoms with E-state index in [9.17, 15) is 9.59 Å². The number of rotatable bonds is 6. The minimum Gasteiger partial charge on any atom is -0.454 e. The Kier molecular flexibility index (Phi) is 6.77. The Labute approximate surface area is 196 Å². The van der Waals surface area contributed by atoms with Crippen LogP contribution < -0.4 is 15.2 Å². The summed E-state index contributed by atoms with van der Waals surface area (Å²) in [5.41, 5.74) is 7.44. The molecule has 3 heterocycles. The van der Waals surface area contributed by atoms with Gasteiger partial charge in [0.2, 0.25) is 12.7 Å². The van der Waals surface area contributed by atoms with Gasteiger partial charge in [-0.15, -0.1) is 0 Å². The van der Waals surface area contributed by atoms with Crippen molar-refractivity contribution in [1.29, 1.82) is 0 Å². The number of benzene rings is 1. The molecule has 0 aromatic heterocycles. The van der Waals surface area contributed by atoms with Gasteiger partial charge < -0.3 is 20.1 Å². The number of likely N-dealkylation sites (tertiary alicyclic amines) is 1. The molecule has 0 spiro atoms. The molecular formula is C26H35N3O4. The Hall–Kier alpha value is -2.83. The number of carbonyl (C=O) groups excluding carboxylic acids is 2. The van der Waals surface area contributed by atoms with Crippen LogP contribution in [0.15, 0.2) is 34.8 Å². The lowest BCUT2D eigenvalue weighted by atomic mass is 9.83. The highest BCUT2D eigenvalue weighted by Crippen LogP contribution is 2.34. The van der Waals surface area contributed by atoms with Crippen LogP contribution in [0.1, 0.15) is 58.4 Å². The molecule has 2 N–H and O–H groups in total. The zero-order valence-corrected chi connectivity index (χ0v) is 19.9. The first-order chi connectivity index (χ1) is 15.7. The second kappa shape index (κ2) is 9.57. The van der Waals surface area contributed by atoms with E-state index in [2.05, 4.69) is 18.8 Å². The molecule has 1 atom stereocenters. The number of allylic oxidation sites excluding steroid dienone is 1. The normalized spacial score (nSPS) is 23.4. The van der Waals surface area contributed by atoms with Crippen molar-refractivity contribution in [1.82, 2.24) is 4.90 Å². The van der Waals surface area contributed by atoms with Gasteiger partial charge in [-0.25, -0.2) is 0 Å². The molecule has 0 radical (unpaired) electrons. The third kappa shape index (κ3) is 5.57. The Bertz CT molecular complexity index is 976. The molecule has 1 aromatic carbocycles. The zero-order chi connectivity index (χ0) is 23.6. The smallest absolute Gasteiger partial charge is 0.231 e. The lowest BCUT2D eigenvalue weighted by molar-refractivity contribution is -0.131. The highest BCUT2D eigenvalue weighted by molar-refractivity contribution is 6.00. The average Bonchev–Trinajstić information content (AvgIpc) is 3.17. The third-order valence-electron chi connectivity index (χ3n) is 6.83. The maximum absolute atomic E-state index is 13.0. The molecule has 1 fully saturated rings. The van der Waals surface area contributed by atoms with Gasteiger partial charge in [-0.1, -0.05) is 25.5 Å². The number of hydrogen-bond acceptors (Lipinski definition) is 6. The predicted molar refractivity (Wildman–Crippen MR) is 127 cm³/mol. The van der Waals surface area contributed by atoms with Crippen LogP contribution in [0.25, 0.3) is 0 Å². The maximum Gasteiger partial charge on any atom is 0.231 e. The molecule has 1 unspecified atom stereocenters. The second-order valence-corrected chi connectivity index (χ2v) is 10.2. The van der Waals surface area contributed by atoms with Gasteiger partial charge in [0.25, 0.3) is 0 Å². The Morgan fingerprint density at radius 1 is 1.24 bits per heavy atom. The fraction of sp³-hybridized carbons (Fsp3) is 0.577. The molecule has 178 valence electrons. The van der Waals surface area contributed by atoms with Gasteiger partial charge in [-0.2, -0.15) is 0 Å². The molecule has 1 saturated heterocycles. The molecule has 0 bridgehead atoms. The topological polar surface area (TPSA) is 94.2 Å². The maximum atomic E-state index is 13.0. The van der Waals surface area contributed by atoms with Crippen molar-refractivity contribution in [2.75, 3.05) is 19.9 Å². The van der Waals surface area contributed by atoms with Crippen molar-refractivity contribution >= 4 is 17.5 Å². The molecule has 0 aliphatic carbocycles. The van der Waals surface area contributed by atoms with E-state index in [0.717, 1.165) is 49.2 Å². The minimum absolute atomic E-state index is 0.136. The summed E-state index contributed by atoms with van der Waals surface area (Å²) in [4.78, 5) is 32.3. The number of nitrogens with two attached hydrogens (primary N) is 1. The number of carbonyl (C=O) groups is 2. The Morgan fingerprint density at radius 3 is 2.70 bits per heavy atom. The van der Waals surface area contributed by atoms with Crippen molar-refractivity contribution in [3.63, 3.8) is 0 Å². The lowest BCUT2D eigenvalue weighted by Gasteiger charge is -2.32. The molecule has 3 aliphatic rings. The van der Waals surface area contributed by atoms with Crippen molar-refractivity contribution in [2.45, 2.75) is 64.8 Å². The standard InChI is InChI=1S/C26H35N3O4/c1-17(2)15-26(3)23(30)12-20(13-24(27)28-26)10-18-6-8-29(9-7-18)25(31)14-19-4-5-21-22(11-19)33-16-32-21/h4-5,11,13,17-18H,6-10,12,14-16H2,1-3H3,(H2,27,28). The number of nitrogens with zero attached hydrogens (tertiary/aromatic N) is 2. The summed E-state index contributed by atoms with van der Waals surface area (Å²) in [5, 5.41) is 0. The fourth-order valence-corrected chi connectivity index (χ4v) is 5.22. The van der Waals surface area contributed by atoms with Gasteiger partial charge in [-0.3, -0.25) is 14.6 Å². The van der Waals surface area contributed by atoms with Crippen molar-refractivity contribution in [3.8, 4) is 11.5 Å². The Morgan fingerprint density at radius 2 is 1.97 bits per heavy atom. The molecule has 1 aromatic rings. The highest BCUT2D eigenvalue weighted by Gasteiger charge is 2.36. The Balaban J connectivity index is 1.29. The molecule has 1 amide bonds. The van der Waals surface area contributed by atoms with Crippen LogP contribution in [0.4, 0.5) is 0 Å². The van der Waals surface area contributed by atoms with Crippen molar-refractivity contribution in [3.05, 3.63) is 35.4 Å². The van der Waals surface area contributed by atoms with Crippen LogP contribution in [-0.2, 0) is 16.0 Å². The number of piperidine rings is 1. The molecule has 7 nitrogen and oxygen atoms in total. The SMILES string of the molecule is CC(C)CC1(C)N=C(N)C=C(CC2CCN(C(=O)Cc3ccc4c(c3)OCO4)CC2)CC1=O. The van der Waals surface area contributed by atoms with Crippen LogP contribution >= 0.6 is 0 Å². The van der Waals surface area contributed by atoms with Crippen molar-refractivity contribution in [2.24, 2.45) is 22.6 Å². The second-order valence-electron chi connectivity index (χ2n) is 10.2. The number of aliphatic imine (C=N–C) groups is 1. The van der Waals surface area contributed by atoms with Crippen LogP contribution in [0.3, 0.4) is 0 Å². The number of hydrogen-bond donors (Lipinski definition) is 1. The van der Waals surface area contributed by atoms with E-state index in [1.807, 2.05) is 36.1 Å². The van der Waals surface area contributed by atoms with Gasteiger partial charge in [0.15, 0.2) is 17.3 Å². The van der Waals surface area contributed by atoms with Crippen LogP contribution in [0, 0.1) is 11.8 Å². The fourth-order valence-electron chi connectivity index (χ4n) is 5.22. The van der Waals surface area contributed by atoms with E-state index in [1.54, 1.807) is 0 Å². The van der Waals surface area contributed by atoms with Crippen LogP contribution in [0.5, 0.6) is 11.5 Å². The molecular weight excluding hydrogens is 418 g/mol. The van der Waals surface area contributed by atoms with E-state index in [1.165, 1.54) is 0 Å². The largest absolute Gasteiger partial charge is 0.454 e. The summed E-state index contributed by atoms with van der Waals surface area (Å²) in [5.74, 6) is 3.00. The van der Waals surface area contributed by atoms with Crippen LogP contribution in [-0.4, -0.2) is 47.8 Å². The quantitative estimate of drug-likeness (QED) is 0.710. The van der Waals surface area contributed by atoms with Gasteiger partial charge in [0.05, 0.1) is 6.42 Å². The zero-order valence-electron chi connectivity index (χ0n) is 19.9. The minimum atomic E-state index is -0.735. The summed E-state index contributed by atoms with van der Waals surface area (Å²) in [6.45, 7) is 7.82. The summed E-state index contributed by atoms with van der Waals surface area (Å²) in [6, 6.07) is 5.67. The van der Waals surface area contributed by atoms with Gasteiger partial charge in [-0.05, 0) is 68.2 Å². The summed E-state index contributed by atoms with van der Waals surface area (Å²) < 4.78 is 10.8. The average molecular weight is 454 g/mol. The summed E-state index contributed by atoms with van der Waals surface area (Å²) in [6.07, 6.45) is 6.08. The number of amides is 1. The van der Waals surface area contributed by atoms with Gasteiger partial charge in [0.1, 0.15) is 11.4 Å². The van der Waals surface area contributed by atoms with E-state index in [-0.39, 0.29) is 18.5 Å². The van der Waals surface area contributed by atoms with E-state index < -0.39 is 5.54 Å². The number of fused-ring (bicyclic) bond motifs is 1. The first-order valence-electron chi connectivity index (χ1n) is 12.0. The summed E-state index contributed by atoms with van der Waals surface area (Å²) >= 11 is 0. The van der Waals surface area contributed by atoms with Gasteiger partial charge >= 0.3 is 0 Å². The lowest BCUT2D eigenvalue weighted by Crippen LogP contribution is -2.39. The molecule has 7 heteroatoms. The number of ketones is 1. The third-order valence-corrected chi connectivity index (χ3v) is 6.83. The van der Waals surface area contributed by atoms with Crippen LogP contribution in [0.2, 0.25) is 0 Å². The van der Waals surface area contributed by atoms with Crippen molar-refractivity contribution < 1.29 is 19.1 Å².